The topological polar surface area (TPSA) is 89.3 Å². The van der Waals surface area contributed by atoms with Crippen molar-refractivity contribution in [2.45, 2.75) is 0 Å². The largest absolute Gasteiger partial charge is 0.378 e. The lowest BCUT2D eigenvalue weighted by Gasteiger charge is -2.06. The highest BCUT2D eigenvalue weighted by Crippen LogP contribution is 2.27. The second-order valence-corrected chi connectivity index (χ2v) is 6.65. The molecule has 0 aliphatic carbocycles. The maximum absolute atomic E-state index is 10.9. The number of hydrogen-bond donors (Lipinski definition) is 1. The molecule has 0 saturated carbocycles. The van der Waals surface area contributed by atoms with E-state index < -0.39 is 14.8 Å². The van der Waals surface area contributed by atoms with Crippen molar-refractivity contribution in [3.8, 4) is 0 Å². The van der Waals surface area contributed by atoms with Gasteiger partial charge in [-0.3, -0.25) is 10.1 Å². The summed E-state index contributed by atoms with van der Waals surface area (Å²) in [7, 11) is -3.08. The molecule has 0 aliphatic heterocycles. The van der Waals surface area contributed by atoms with Crippen molar-refractivity contribution in [3.05, 3.63) is 32.8 Å². The van der Waals surface area contributed by atoms with Crippen molar-refractivity contribution in [1.82, 2.24) is 0 Å². The Morgan fingerprint density at radius 3 is 2.65 bits per heavy atom. The molecular formula is C9H11BrN2O4S. The van der Waals surface area contributed by atoms with Crippen molar-refractivity contribution in [1.29, 1.82) is 0 Å². The number of benzene rings is 1. The fourth-order valence-corrected chi connectivity index (χ4v) is 2.00. The number of hydrogen-bond acceptors (Lipinski definition) is 5. The van der Waals surface area contributed by atoms with Crippen LogP contribution in [0.15, 0.2) is 22.7 Å². The summed E-state index contributed by atoms with van der Waals surface area (Å²) in [6, 6.07) is 4.54. The van der Waals surface area contributed by atoms with Crippen molar-refractivity contribution < 1.29 is 13.3 Å². The molecule has 0 amide bonds. The molecule has 1 N–H and O–H groups in total. The Balaban J connectivity index is 2.81. The predicted octanol–water partition coefficient (Wildman–Crippen LogP) is 1.81. The molecule has 0 aromatic heterocycles. The quantitative estimate of drug-likeness (QED) is 0.659. The van der Waals surface area contributed by atoms with Crippen LogP contribution in [0.25, 0.3) is 0 Å². The zero-order chi connectivity index (χ0) is 13.1. The third kappa shape index (κ3) is 4.70. The number of nitrogens with zero attached hydrogens (tertiary/aromatic N) is 1. The molecule has 0 aliphatic rings. The minimum absolute atomic E-state index is 0.0692. The molecule has 0 heterocycles. The monoisotopic (exact) mass is 322 g/mol. The second-order valence-electron chi connectivity index (χ2n) is 3.48. The highest BCUT2D eigenvalue weighted by Gasteiger charge is 2.14. The van der Waals surface area contributed by atoms with Gasteiger partial charge in [0.25, 0.3) is 5.69 Å². The lowest BCUT2D eigenvalue weighted by molar-refractivity contribution is -0.384. The summed E-state index contributed by atoms with van der Waals surface area (Å²) >= 11 is 3.14. The summed E-state index contributed by atoms with van der Waals surface area (Å²) in [5, 5.41) is 13.5. The van der Waals surface area contributed by atoms with Crippen LogP contribution in [0.1, 0.15) is 0 Å². The maximum Gasteiger partial charge on any atom is 0.293 e. The van der Waals surface area contributed by atoms with E-state index in [1.165, 1.54) is 12.1 Å². The smallest absolute Gasteiger partial charge is 0.293 e. The maximum atomic E-state index is 10.9. The van der Waals surface area contributed by atoms with Crippen LogP contribution in [0.3, 0.4) is 0 Å². The summed E-state index contributed by atoms with van der Waals surface area (Å²) < 4.78 is 22.4. The summed E-state index contributed by atoms with van der Waals surface area (Å²) in [5.41, 5.74) is 0.217. The van der Waals surface area contributed by atoms with E-state index >= 15 is 0 Å². The molecule has 0 atom stereocenters. The van der Waals surface area contributed by atoms with Crippen LogP contribution in [0.4, 0.5) is 11.4 Å². The molecule has 0 fully saturated rings. The highest BCUT2D eigenvalue weighted by molar-refractivity contribution is 9.10. The van der Waals surface area contributed by atoms with Crippen molar-refractivity contribution in [2.75, 3.05) is 23.9 Å². The van der Waals surface area contributed by atoms with Gasteiger partial charge < -0.3 is 5.32 Å². The molecule has 0 spiro atoms. The summed E-state index contributed by atoms with van der Waals surface area (Å²) in [5.74, 6) is -0.0692. The van der Waals surface area contributed by atoms with Gasteiger partial charge in [-0.25, -0.2) is 8.42 Å². The Labute approximate surface area is 107 Å². The van der Waals surface area contributed by atoms with Crippen molar-refractivity contribution in [3.63, 3.8) is 0 Å². The van der Waals surface area contributed by atoms with Crippen LogP contribution in [0.5, 0.6) is 0 Å². The Morgan fingerprint density at radius 1 is 1.47 bits per heavy atom. The average molecular weight is 323 g/mol. The van der Waals surface area contributed by atoms with Gasteiger partial charge in [-0.05, 0) is 12.1 Å². The van der Waals surface area contributed by atoms with Crippen LogP contribution >= 0.6 is 15.9 Å². The van der Waals surface area contributed by atoms with Crippen LogP contribution in [0.2, 0.25) is 0 Å². The molecule has 0 saturated heterocycles. The van der Waals surface area contributed by atoms with Crippen LogP contribution in [-0.2, 0) is 9.84 Å². The van der Waals surface area contributed by atoms with Gasteiger partial charge in [0.1, 0.15) is 15.5 Å². The summed E-state index contributed by atoms with van der Waals surface area (Å²) in [6.07, 6.45) is 1.12. The molecule has 0 bridgehead atoms. The number of nitrogens with one attached hydrogen (secondary N) is 1. The van der Waals surface area contributed by atoms with E-state index in [0.29, 0.717) is 10.2 Å². The van der Waals surface area contributed by atoms with Gasteiger partial charge in [0, 0.05) is 23.3 Å². The first-order chi connectivity index (χ1) is 7.79. The number of sulfone groups is 1. The van der Waals surface area contributed by atoms with Gasteiger partial charge in [0.2, 0.25) is 0 Å². The zero-order valence-electron chi connectivity index (χ0n) is 9.01. The van der Waals surface area contributed by atoms with E-state index in [1.54, 1.807) is 6.07 Å². The predicted molar refractivity (Wildman–Crippen MR) is 69.0 cm³/mol. The molecule has 1 aromatic carbocycles. The second kappa shape index (κ2) is 5.46. The average Bonchev–Trinajstić information content (AvgIpc) is 2.18. The van der Waals surface area contributed by atoms with Crippen molar-refractivity contribution >= 4 is 37.1 Å². The van der Waals surface area contributed by atoms with Gasteiger partial charge >= 0.3 is 0 Å². The molecule has 0 radical (unpaired) electrons. The van der Waals surface area contributed by atoms with Gasteiger partial charge in [0.15, 0.2) is 0 Å². The van der Waals surface area contributed by atoms with Gasteiger partial charge in [-0.2, -0.15) is 0 Å². The SMILES string of the molecule is CS(=O)(=O)CCNc1ccc(Br)cc1[N+](=O)[O-]. The van der Waals surface area contributed by atoms with E-state index in [2.05, 4.69) is 21.2 Å². The number of rotatable bonds is 5. The third-order valence-corrected chi connectivity index (χ3v) is 3.38. The van der Waals surface area contributed by atoms with E-state index in [0.717, 1.165) is 6.26 Å². The van der Waals surface area contributed by atoms with Gasteiger partial charge in [-0.15, -0.1) is 0 Å². The number of nitro benzene ring substituents is 1. The molecule has 8 heteroatoms. The number of anilines is 1. The third-order valence-electron chi connectivity index (χ3n) is 1.94. The minimum Gasteiger partial charge on any atom is -0.378 e. The summed E-state index contributed by atoms with van der Waals surface area (Å²) in [6.45, 7) is 0.140. The Morgan fingerprint density at radius 2 is 2.12 bits per heavy atom. The normalized spacial score (nSPS) is 11.2. The summed E-state index contributed by atoms with van der Waals surface area (Å²) in [4.78, 5) is 10.2. The number of halogens is 1. The Hall–Kier alpha value is -1.15. The Kier molecular flexibility index (Phi) is 4.47. The first kappa shape index (κ1) is 13.9. The van der Waals surface area contributed by atoms with E-state index in [4.69, 9.17) is 0 Å². The zero-order valence-corrected chi connectivity index (χ0v) is 11.4. The molecule has 6 nitrogen and oxygen atoms in total. The molecule has 1 rings (SSSR count). The molecule has 17 heavy (non-hydrogen) atoms. The molecule has 1 aromatic rings. The first-order valence-electron chi connectivity index (χ1n) is 4.65. The minimum atomic E-state index is -3.08. The fourth-order valence-electron chi connectivity index (χ4n) is 1.18. The lowest BCUT2D eigenvalue weighted by atomic mass is 10.2. The standard InChI is InChI=1S/C9H11BrN2O4S/c1-17(15,16)5-4-11-8-3-2-7(10)6-9(8)12(13)14/h2-3,6,11H,4-5H2,1H3. The van der Waals surface area contributed by atoms with Crippen LogP contribution < -0.4 is 5.32 Å². The van der Waals surface area contributed by atoms with Crippen molar-refractivity contribution in [2.24, 2.45) is 0 Å². The molecule has 94 valence electrons. The molecule has 0 unspecified atom stereocenters. The van der Waals surface area contributed by atoms with Crippen LogP contribution in [-0.4, -0.2) is 31.9 Å². The van der Waals surface area contributed by atoms with Gasteiger partial charge in [-0.1, -0.05) is 15.9 Å². The highest BCUT2D eigenvalue weighted by atomic mass is 79.9. The molecular weight excluding hydrogens is 312 g/mol. The fraction of sp³-hybridized carbons (Fsp3) is 0.333. The van der Waals surface area contributed by atoms with E-state index in [1.807, 2.05) is 0 Å². The van der Waals surface area contributed by atoms with E-state index in [9.17, 15) is 18.5 Å². The first-order valence-corrected chi connectivity index (χ1v) is 7.50. The Bertz CT molecular complexity index is 530. The van der Waals surface area contributed by atoms with E-state index in [-0.39, 0.29) is 18.0 Å². The van der Waals surface area contributed by atoms with Crippen LogP contribution in [0, 0.1) is 10.1 Å². The lowest BCUT2D eigenvalue weighted by Crippen LogP contribution is -2.14. The number of nitro groups is 1. The van der Waals surface area contributed by atoms with Gasteiger partial charge in [0.05, 0.1) is 10.7 Å².